The topological polar surface area (TPSA) is 124 Å². The summed E-state index contributed by atoms with van der Waals surface area (Å²) >= 11 is 12.0. The minimum absolute atomic E-state index is 0.0147. The molecular formula is C18H18Cl2F3N5O4S. The Hall–Kier alpha value is -2.35. The van der Waals surface area contributed by atoms with Crippen molar-refractivity contribution in [2.24, 2.45) is 0 Å². The van der Waals surface area contributed by atoms with Gasteiger partial charge in [-0.15, -0.1) is 0 Å². The van der Waals surface area contributed by atoms with Gasteiger partial charge in [-0.05, 0) is 25.0 Å². The Kier molecular flexibility index (Phi) is 7.56. The van der Waals surface area contributed by atoms with Crippen molar-refractivity contribution in [1.82, 2.24) is 19.8 Å². The zero-order valence-corrected chi connectivity index (χ0v) is 19.1. The Bertz CT molecular complexity index is 1130. The number of nitrogens with zero attached hydrogens (tertiary/aromatic N) is 2. The third-order valence-electron chi connectivity index (χ3n) is 4.83. The van der Waals surface area contributed by atoms with Crippen molar-refractivity contribution in [3.63, 3.8) is 0 Å². The molecule has 0 saturated carbocycles. The summed E-state index contributed by atoms with van der Waals surface area (Å²) in [6.45, 7) is -0.331. The number of aromatic nitrogens is 2. The molecule has 2 amide bonds. The highest BCUT2D eigenvalue weighted by atomic mass is 35.5. The lowest BCUT2D eigenvalue weighted by atomic mass is 10.1. The number of hydrogen-bond acceptors (Lipinski definition) is 5. The molecule has 1 saturated heterocycles. The zero-order valence-electron chi connectivity index (χ0n) is 16.7. The molecule has 0 bridgehead atoms. The summed E-state index contributed by atoms with van der Waals surface area (Å²) in [6.07, 6.45) is -3.38. The highest BCUT2D eigenvalue weighted by Gasteiger charge is 2.39. The smallest absolute Gasteiger partial charge is 0.348 e. The van der Waals surface area contributed by atoms with Gasteiger partial charge in [-0.3, -0.25) is 14.7 Å². The van der Waals surface area contributed by atoms with Crippen LogP contribution < -0.4 is 10.6 Å². The molecule has 3 N–H and O–H groups in total. The van der Waals surface area contributed by atoms with Crippen molar-refractivity contribution in [3.8, 4) is 0 Å². The van der Waals surface area contributed by atoms with Crippen LogP contribution >= 0.6 is 23.2 Å². The lowest BCUT2D eigenvalue weighted by molar-refractivity contribution is -0.107. The van der Waals surface area contributed by atoms with Gasteiger partial charge in [0.1, 0.15) is 5.69 Å². The first kappa shape index (κ1) is 25.3. The van der Waals surface area contributed by atoms with Crippen LogP contribution in [0.3, 0.4) is 0 Å². The number of halogens is 5. The molecule has 0 unspecified atom stereocenters. The van der Waals surface area contributed by atoms with E-state index in [1.54, 1.807) is 6.07 Å². The molecule has 180 valence electrons. The first-order valence-corrected chi connectivity index (χ1v) is 11.9. The average molecular weight is 528 g/mol. The fraction of sp³-hybridized carbons (Fsp3) is 0.389. The maximum atomic E-state index is 12.6. The molecule has 15 heteroatoms. The number of aromatic amines is 1. The first-order valence-electron chi connectivity index (χ1n) is 9.51. The summed E-state index contributed by atoms with van der Waals surface area (Å²) in [7, 11) is -4.48. The molecule has 2 aromatic rings. The summed E-state index contributed by atoms with van der Waals surface area (Å²) in [5, 5.41) is 11.6. The van der Waals surface area contributed by atoms with Crippen LogP contribution in [0.2, 0.25) is 10.0 Å². The molecule has 3 rings (SSSR count). The van der Waals surface area contributed by atoms with Gasteiger partial charge in [-0.2, -0.15) is 18.3 Å². The third-order valence-corrected chi connectivity index (χ3v) is 7.31. The number of H-pyrrole nitrogens is 1. The van der Waals surface area contributed by atoms with Crippen LogP contribution in [0.4, 0.5) is 18.9 Å². The number of carbonyl (C=O) groups is 2. The molecule has 1 aliphatic heterocycles. The van der Waals surface area contributed by atoms with Crippen molar-refractivity contribution in [3.05, 3.63) is 45.7 Å². The number of nitrogens with one attached hydrogen (secondary N) is 3. The van der Waals surface area contributed by atoms with E-state index in [1.807, 2.05) is 0 Å². The van der Waals surface area contributed by atoms with Gasteiger partial charge in [-0.1, -0.05) is 29.3 Å². The fourth-order valence-corrected chi connectivity index (χ4v) is 5.22. The van der Waals surface area contributed by atoms with E-state index in [1.165, 1.54) is 18.3 Å². The largest absolute Gasteiger partial charge is 0.404 e. The summed E-state index contributed by atoms with van der Waals surface area (Å²) in [4.78, 5) is 25.2. The number of sulfonamides is 1. The van der Waals surface area contributed by atoms with Crippen LogP contribution in [0, 0.1) is 0 Å². The van der Waals surface area contributed by atoms with E-state index in [4.69, 9.17) is 23.2 Å². The minimum Gasteiger partial charge on any atom is -0.348 e. The maximum absolute atomic E-state index is 12.6. The average Bonchev–Trinajstić information content (AvgIpc) is 3.14. The normalized spacial score (nSPS) is 15.9. The van der Waals surface area contributed by atoms with E-state index in [0.717, 1.165) is 4.31 Å². The van der Waals surface area contributed by atoms with E-state index in [-0.39, 0.29) is 52.9 Å². The van der Waals surface area contributed by atoms with E-state index >= 15 is 0 Å². The molecule has 1 aromatic heterocycles. The Morgan fingerprint density at radius 2 is 1.76 bits per heavy atom. The number of piperidine rings is 1. The number of alkyl halides is 3. The Labute approximate surface area is 196 Å². The van der Waals surface area contributed by atoms with Gasteiger partial charge in [0.2, 0.25) is 10.0 Å². The van der Waals surface area contributed by atoms with Gasteiger partial charge >= 0.3 is 6.18 Å². The van der Waals surface area contributed by atoms with Crippen LogP contribution in [0.1, 0.15) is 33.7 Å². The number of rotatable bonds is 6. The van der Waals surface area contributed by atoms with Crippen molar-refractivity contribution in [2.75, 3.05) is 24.2 Å². The predicted molar refractivity (Wildman–Crippen MR) is 115 cm³/mol. The molecule has 0 aliphatic carbocycles. The molecule has 0 spiro atoms. The number of amides is 2. The zero-order chi connectivity index (χ0) is 24.4. The SMILES string of the molecule is O=C(NC1CCN(S(=O)(=O)CC(F)(F)F)CC1)c1[nH]ncc1NC(=O)c1c(Cl)cccc1Cl. The number of hydrogen-bond donors (Lipinski definition) is 3. The molecule has 1 fully saturated rings. The van der Waals surface area contributed by atoms with Gasteiger partial charge in [-0.25, -0.2) is 12.7 Å². The molecule has 1 aromatic carbocycles. The van der Waals surface area contributed by atoms with Crippen LogP contribution in [0.5, 0.6) is 0 Å². The minimum atomic E-state index is -4.83. The lowest BCUT2D eigenvalue weighted by Crippen LogP contribution is -2.48. The van der Waals surface area contributed by atoms with Crippen molar-refractivity contribution >= 4 is 50.7 Å². The molecular weight excluding hydrogens is 510 g/mol. The second kappa shape index (κ2) is 9.87. The standard InChI is InChI=1S/C18H18Cl2F3N5O4S/c19-11-2-1-3-12(20)14(11)16(29)26-13-8-24-27-15(13)17(30)25-10-4-6-28(7-5-10)33(31,32)9-18(21,22)23/h1-3,8,10H,4-7,9H2,(H,24,27)(H,25,30)(H,26,29). The first-order chi connectivity index (χ1) is 15.4. The molecule has 33 heavy (non-hydrogen) atoms. The van der Waals surface area contributed by atoms with Gasteiger partial charge in [0, 0.05) is 19.1 Å². The highest BCUT2D eigenvalue weighted by molar-refractivity contribution is 7.89. The quantitative estimate of drug-likeness (QED) is 0.532. The van der Waals surface area contributed by atoms with Crippen LogP contribution in [0.25, 0.3) is 0 Å². The summed E-state index contributed by atoms with van der Waals surface area (Å²) in [6, 6.07) is 4.04. The van der Waals surface area contributed by atoms with E-state index < -0.39 is 39.8 Å². The molecule has 0 atom stereocenters. The number of carbonyl (C=O) groups excluding carboxylic acids is 2. The highest BCUT2D eigenvalue weighted by Crippen LogP contribution is 2.26. The summed E-state index contributed by atoms with van der Waals surface area (Å²) < 4.78 is 61.9. The van der Waals surface area contributed by atoms with Gasteiger partial charge in [0.15, 0.2) is 5.75 Å². The van der Waals surface area contributed by atoms with Crippen molar-refractivity contribution in [2.45, 2.75) is 25.1 Å². The monoisotopic (exact) mass is 527 g/mol. The van der Waals surface area contributed by atoms with Gasteiger partial charge in [0.05, 0.1) is 27.5 Å². The Morgan fingerprint density at radius 3 is 2.33 bits per heavy atom. The number of benzene rings is 1. The lowest BCUT2D eigenvalue weighted by Gasteiger charge is -2.31. The molecule has 9 nitrogen and oxygen atoms in total. The fourth-order valence-electron chi connectivity index (χ4n) is 3.29. The van der Waals surface area contributed by atoms with Gasteiger partial charge < -0.3 is 10.6 Å². The molecule has 2 heterocycles. The van der Waals surface area contributed by atoms with Gasteiger partial charge in [0.25, 0.3) is 11.8 Å². The Balaban J connectivity index is 1.61. The van der Waals surface area contributed by atoms with Crippen molar-refractivity contribution in [1.29, 1.82) is 0 Å². The molecule has 0 radical (unpaired) electrons. The number of anilines is 1. The van der Waals surface area contributed by atoms with E-state index in [9.17, 15) is 31.2 Å². The summed E-state index contributed by atoms with van der Waals surface area (Å²) in [5.41, 5.74) is -0.00171. The summed E-state index contributed by atoms with van der Waals surface area (Å²) in [5.74, 6) is -3.22. The maximum Gasteiger partial charge on any atom is 0.404 e. The second-order valence-electron chi connectivity index (χ2n) is 7.23. The predicted octanol–water partition coefficient (Wildman–Crippen LogP) is 3.06. The molecule has 1 aliphatic rings. The van der Waals surface area contributed by atoms with E-state index in [2.05, 4.69) is 20.8 Å². The Morgan fingerprint density at radius 1 is 1.15 bits per heavy atom. The van der Waals surface area contributed by atoms with Crippen LogP contribution in [0.15, 0.2) is 24.4 Å². The van der Waals surface area contributed by atoms with Crippen molar-refractivity contribution < 1.29 is 31.2 Å². The van der Waals surface area contributed by atoms with Crippen LogP contribution in [-0.4, -0.2) is 65.8 Å². The van der Waals surface area contributed by atoms with Crippen LogP contribution in [-0.2, 0) is 10.0 Å². The third kappa shape index (κ3) is 6.37. The second-order valence-corrected chi connectivity index (χ2v) is 10.0. The van der Waals surface area contributed by atoms with E-state index in [0.29, 0.717) is 0 Å².